The van der Waals surface area contributed by atoms with Gasteiger partial charge in [-0.05, 0) is 35.6 Å². The van der Waals surface area contributed by atoms with E-state index in [1.54, 1.807) is 6.20 Å². The summed E-state index contributed by atoms with van der Waals surface area (Å²) in [6.07, 6.45) is 2.59. The summed E-state index contributed by atoms with van der Waals surface area (Å²) in [6, 6.07) is 7.83. The number of nitrogens with zero attached hydrogens (tertiary/aromatic N) is 1. The molecule has 20 heavy (non-hydrogen) atoms. The number of nitrogens with one attached hydrogen (secondary N) is 1. The van der Waals surface area contributed by atoms with E-state index in [0.717, 1.165) is 41.0 Å². The molecule has 0 aliphatic carbocycles. The highest BCUT2D eigenvalue weighted by molar-refractivity contribution is 6.31. The standard InChI is InChI=1S/C16H21ClN2O/c1-16(2,5-7-20)11-18-10-13-9-14(17)8-12-4-3-6-19-15(12)13/h3-4,6,8-9,18,20H,5,7,10-11H2,1-2H3. The molecule has 2 aromatic rings. The van der Waals surface area contributed by atoms with Gasteiger partial charge in [-0.2, -0.15) is 0 Å². The molecule has 4 heteroatoms. The monoisotopic (exact) mass is 292 g/mol. The molecule has 0 bridgehead atoms. The number of aliphatic hydroxyl groups is 1. The molecular formula is C16H21ClN2O. The van der Waals surface area contributed by atoms with E-state index in [1.165, 1.54) is 0 Å². The highest BCUT2D eigenvalue weighted by Crippen LogP contribution is 2.23. The average Bonchev–Trinajstić information content (AvgIpc) is 2.38. The summed E-state index contributed by atoms with van der Waals surface area (Å²) in [5.74, 6) is 0. The average molecular weight is 293 g/mol. The van der Waals surface area contributed by atoms with Crippen LogP contribution in [-0.4, -0.2) is 23.2 Å². The first-order valence-electron chi connectivity index (χ1n) is 6.86. The zero-order valence-corrected chi connectivity index (χ0v) is 12.7. The van der Waals surface area contributed by atoms with Gasteiger partial charge in [0.15, 0.2) is 0 Å². The Morgan fingerprint density at radius 2 is 2.15 bits per heavy atom. The lowest BCUT2D eigenvalue weighted by molar-refractivity contribution is 0.207. The SMILES string of the molecule is CC(C)(CCO)CNCc1cc(Cl)cc2cccnc12. The van der Waals surface area contributed by atoms with Crippen molar-refractivity contribution in [3.05, 3.63) is 41.0 Å². The Morgan fingerprint density at radius 3 is 2.90 bits per heavy atom. The number of aliphatic hydroxyl groups excluding tert-OH is 1. The van der Waals surface area contributed by atoms with Gasteiger partial charge in [0.05, 0.1) is 5.52 Å². The van der Waals surface area contributed by atoms with Crippen molar-refractivity contribution >= 4 is 22.5 Å². The fraction of sp³-hybridized carbons (Fsp3) is 0.438. The van der Waals surface area contributed by atoms with Gasteiger partial charge < -0.3 is 10.4 Å². The Morgan fingerprint density at radius 1 is 1.35 bits per heavy atom. The van der Waals surface area contributed by atoms with Gasteiger partial charge in [-0.25, -0.2) is 0 Å². The van der Waals surface area contributed by atoms with E-state index in [0.29, 0.717) is 0 Å². The molecule has 0 amide bonds. The summed E-state index contributed by atoms with van der Waals surface area (Å²) in [6.45, 7) is 6.07. The molecular weight excluding hydrogens is 272 g/mol. The van der Waals surface area contributed by atoms with E-state index in [-0.39, 0.29) is 12.0 Å². The number of benzene rings is 1. The molecule has 1 heterocycles. The Labute approximate surface area is 125 Å². The maximum absolute atomic E-state index is 9.04. The molecule has 0 unspecified atom stereocenters. The van der Waals surface area contributed by atoms with E-state index in [9.17, 15) is 0 Å². The third-order valence-electron chi connectivity index (χ3n) is 3.46. The maximum atomic E-state index is 9.04. The lowest BCUT2D eigenvalue weighted by atomic mass is 9.89. The minimum Gasteiger partial charge on any atom is -0.396 e. The lowest BCUT2D eigenvalue weighted by Gasteiger charge is -2.24. The number of halogens is 1. The maximum Gasteiger partial charge on any atom is 0.0747 e. The molecule has 108 valence electrons. The second-order valence-corrected chi connectivity index (χ2v) is 6.32. The normalized spacial score (nSPS) is 12.0. The molecule has 1 aromatic carbocycles. The van der Waals surface area contributed by atoms with Gasteiger partial charge >= 0.3 is 0 Å². The van der Waals surface area contributed by atoms with E-state index < -0.39 is 0 Å². The number of fused-ring (bicyclic) bond motifs is 1. The van der Waals surface area contributed by atoms with E-state index in [4.69, 9.17) is 16.7 Å². The molecule has 3 nitrogen and oxygen atoms in total. The molecule has 0 saturated heterocycles. The van der Waals surface area contributed by atoms with E-state index >= 15 is 0 Å². The van der Waals surface area contributed by atoms with Crippen molar-refractivity contribution in [3.8, 4) is 0 Å². The molecule has 0 radical (unpaired) electrons. The Bertz CT molecular complexity index is 584. The highest BCUT2D eigenvalue weighted by Gasteiger charge is 2.16. The molecule has 0 spiro atoms. The largest absolute Gasteiger partial charge is 0.396 e. The van der Waals surface area contributed by atoms with Crippen molar-refractivity contribution in [1.29, 1.82) is 0 Å². The summed E-state index contributed by atoms with van der Waals surface area (Å²) < 4.78 is 0. The topological polar surface area (TPSA) is 45.1 Å². The smallest absolute Gasteiger partial charge is 0.0747 e. The third kappa shape index (κ3) is 3.92. The summed E-state index contributed by atoms with van der Waals surface area (Å²) in [5.41, 5.74) is 2.17. The first kappa shape index (κ1) is 15.2. The first-order valence-corrected chi connectivity index (χ1v) is 7.24. The van der Waals surface area contributed by atoms with Gasteiger partial charge in [0.1, 0.15) is 0 Å². The molecule has 0 fully saturated rings. The van der Waals surface area contributed by atoms with E-state index in [2.05, 4.69) is 24.1 Å². The van der Waals surface area contributed by atoms with Crippen LogP contribution in [0.3, 0.4) is 0 Å². The van der Waals surface area contributed by atoms with Crippen LogP contribution in [0, 0.1) is 5.41 Å². The van der Waals surface area contributed by atoms with Crippen LogP contribution in [0.4, 0.5) is 0 Å². The fourth-order valence-corrected chi connectivity index (χ4v) is 2.54. The number of hydrogen-bond acceptors (Lipinski definition) is 3. The zero-order chi connectivity index (χ0) is 14.6. The van der Waals surface area contributed by atoms with Gasteiger partial charge in [-0.15, -0.1) is 0 Å². The van der Waals surface area contributed by atoms with Crippen LogP contribution in [0.15, 0.2) is 30.5 Å². The number of pyridine rings is 1. The van der Waals surface area contributed by atoms with Crippen molar-refractivity contribution in [2.24, 2.45) is 5.41 Å². The molecule has 1 aromatic heterocycles. The van der Waals surface area contributed by atoms with Crippen molar-refractivity contribution in [1.82, 2.24) is 10.3 Å². The lowest BCUT2D eigenvalue weighted by Crippen LogP contribution is -2.30. The van der Waals surface area contributed by atoms with Crippen molar-refractivity contribution < 1.29 is 5.11 Å². The number of hydrogen-bond donors (Lipinski definition) is 2. The fourth-order valence-electron chi connectivity index (χ4n) is 2.29. The first-order chi connectivity index (χ1) is 9.52. The van der Waals surface area contributed by atoms with Crippen molar-refractivity contribution in [3.63, 3.8) is 0 Å². The Hall–Kier alpha value is -1.16. The highest BCUT2D eigenvalue weighted by atomic mass is 35.5. The van der Waals surface area contributed by atoms with Gasteiger partial charge in [-0.3, -0.25) is 4.98 Å². The van der Waals surface area contributed by atoms with Crippen LogP contribution < -0.4 is 5.32 Å². The van der Waals surface area contributed by atoms with Crippen LogP contribution in [0.1, 0.15) is 25.8 Å². The van der Waals surface area contributed by atoms with Gasteiger partial charge in [0.2, 0.25) is 0 Å². The molecule has 0 aliphatic heterocycles. The minimum absolute atomic E-state index is 0.0799. The van der Waals surface area contributed by atoms with Crippen LogP contribution >= 0.6 is 11.6 Å². The van der Waals surface area contributed by atoms with Crippen LogP contribution in [0.2, 0.25) is 5.02 Å². The summed E-state index contributed by atoms with van der Waals surface area (Å²) in [5, 5.41) is 14.3. The quantitative estimate of drug-likeness (QED) is 0.858. The van der Waals surface area contributed by atoms with Crippen LogP contribution in [0.5, 0.6) is 0 Å². The number of aromatic nitrogens is 1. The van der Waals surface area contributed by atoms with Gasteiger partial charge in [0.25, 0.3) is 0 Å². The van der Waals surface area contributed by atoms with Crippen LogP contribution in [-0.2, 0) is 6.54 Å². The summed E-state index contributed by atoms with van der Waals surface area (Å²) in [4.78, 5) is 4.44. The van der Waals surface area contributed by atoms with Gasteiger partial charge in [0, 0.05) is 36.3 Å². The van der Waals surface area contributed by atoms with Crippen LogP contribution in [0.25, 0.3) is 10.9 Å². The van der Waals surface area contributed by atoms with E-state index in [1.807, 2.05) is 24.3 Å². The second kappa shape index (κ2) is 6.53. The molecule has 0 aliphatic rings. The van der Waals surface area contributed by atoms with Crippen molar-refractivity contribution in [2.45, 2.75) is 26.8 Å². The summed E-state index contributed by atoms with van der Waals surface area (Å²) >= 11 is 6.15. The predicted molar refractivity (Wildman–Crippen MR) is 83.9 cm³/mol. The Kier molecular flexibility index (Phi) is 4.97. The molecule has 2 N–H and O–H groups in total. The number of rotatable bonds is 6. The van der Waals surface area contributed by atoms with Crippen molar-refractivity contribution in [2.75, 3.05) is 13.2 Å². The summed E-state index contributed by atoms with van der Waals surface area (Å²) in [7, 11) is 0. The molecule has 0 saturated carbocycles. The Balaban J connectivity index is 2.10. The molecule has 2 rings (SSSR count). The second-order valence-electron chi connectivity index (χ2n) is 5.88. The van der Waals surface area contributed by atoms with Gasteiger partial charge in [-0.1, -0.05) is 31.5 Å². The molecule has 0 atom stereocenters. The predicted octanol–water partition coefficient (Wildman–Crippen LogP) is 3.39. The third-order valence-corrected chi connectivity index (χ3v) is 3.67. The zero-order valence-electron chi connectivity index (χ0n) is 12.0. The minimum atomic E-state index is 0.0799.